The molecule has 2 saturated heterocycles. The number of likely N-dealkylation sites (N-methyl/N-ethyl adjacent to an activating group) is 1. The number of nitriles is 1. The number of benzene rings is 2. The number of methoxy groups -OCH3 is 1. The maximum Gasteiger partial charge on any atom is 0.348 e. The van der Waals surface area contributed by atoms with Gasteiger partial charge in [-0.1, -0.05) is 6.07 Å². The number of rotatable bonds is 4. The molecule has 46 heavy (non-hydrogen) atoms. The van der Waals surface area contributed by atoms with E-state index in [1.54, 1.807) is 6.92 Å². The van der Waals surface area contributed by atoms with Crippen LogP contribution in [0.1, 0.15) is 57.6 Å². The van der Waals surface area contributed by atoms with E-state index in [-0.39, 0.29) is 37.4 Å². The van der Waals surface area contributed by atoms with Gasteiger partial charge in [-0.25, -0.2) is 4.79 Å². The Bertz CT molecular complexity index is 1710. The molecule has 0 aliphatic carbocycles. The first-order valence-electron chi connectivity index (χ1n) is 14.9. The first-order valence-corrected chi connectivity index (χ1v) is 16.0. The number of hydrogen-bond donors (Lipinski definition) is 1. The lowest BCUT2D eigenvalue weighted by molar-refractivity contribution is -0.164. The predicted molar refractivity (Wildman–Crippen MR) is 161 cm³/mol. The van der Waals surface area contributed by atoms with E-state index >= 15 is 0 Å². The summed E-state index contributed by atoms with van der Waals surface area (Å²) in [5, 5.41) is 22.0. The molecule has 2 aromatic carbocycles. The van der Waals surface area contributed by atoms with Crippen LogP contribution in [-0.2, 0) is 30.3 Å². The number of carbonyl (C=O) groups is 3. The number of ether oxygens (including phenoxy) is 6. The van der Waals surface area contributed by atoms with E-state index < -0.39 is 47.5 Å². The second kappa shape index (κ2) is 11.3. The predicted octanol–water partition coefficient (Wildman–Crippen LogP) is 2.77. The summed E-state index contributed by atoms with van der Waals surface area (Å²) in [6.07, 6.45) is -0.708. The molecule has 2 aromatic rings. The first-order chi connectivity index (χ1) is 22.1. The summed E-state index contributed by atoms with van der Waals surface area (Å²) in [5.74, 6) is 0.310. The Kier molecular flexibility index (Phi) is 7.45. The van der Waals surface area contributed by atoms with Gasteiger partial charge in [0.05, 0.1) is 30.5 Å². The van der Waals surface area contributed by atoms with Gasteiger partial charge < -0.3 is 33.5 Å². The maximum atomic E-state index is 13.2. The third-order valence-electron chi connectivity index (χ3n) is 9.84. The van der Waals surface area contributed by atoms with Gasteiger partial charge in [-0.05, 0) is 38.4 Å². The standard InChI is InChI=1S/C32H33N3O10S/c1-13-6-16-7-17-18(8-33)35-19-9-41-32(39)20(42-11-36)10-46-31(25(35)24(34(17)4)21(16)26(38)27(13)40-5)23-22(19)30-29(43-12-44-30)14(2)28(23)45-15(3)37/h6,11,17-20,24-25,31,38H,7,9-10,12H2,1-5H3/t17-,18+,19+,20+,24+,25?,31-/m1/s1. The molecule has 0 radical (unpaired) electrons. The SMILES string of the molecule is COc1c(C)cc2c(c1O)[C@H]1C3[C@@H]4SC[C@H](OC=O)C(=O)OC[C@@H](c5c6c(c(C)c(OC(C)=O)c54)OCO6)N3[C@@H](C#N)[C@@H](C2)N1C. The summed E-state index contributed by atoms with van der Waals surface area (Å²) in [6.45, 7) is 4.92. The molecule has 13 nitrogen and oxygen atoms in total. The number of phenolic OH excluding ortho intramolecular Hbond substituents is 1. The van der Waals surface area contributed by atoms with E-state index in [0.29, 0.717) is 51.7 Å². The van der Waals surface area contributed by atoms with Crippen molar-refractivity contribution in [3.8, 4) is 34.8 Å². The third-order valence-corrected chi connectivity index (χ3v) is 11.2. The number of fused-ring (bicyclic) bond motifs is 9. The molecule has 7 rings (SSSR count). The minimum atomic E-state index is -1.19. The van der Waals surface area contributed by atoms with Gasteiger partial charge in [0.2, 0.25) is 12.9 Å². The molecule has 2 fully saturated rings. The van der Waals surface area contributed by atoms with E-state index in [1.165, 1.54) is 25.8 Å². The van der Waals surface area contributed by atoms with Crippen molar-refractivity contribution in [2.45, 2.75) is 68.8 Å². The molecular weight excluding hydrogens is 618 g/mol. The Morgan fingerprint density at radius 2 is 1.93 bits per heavy atom. The second-order valence-electron chi connectivity index (χ2n) is 12.1. The minimum absolute atomic E-state index is 0.0107. The Labute approximate surface area is 269 Å². The number of aromatic hydroxyl groups is 1. The molecule has 0 saturated carbocycles. The number of thioether (sulfide) groups is 1. The van der Waals surface area contributed by atoms with Crippen LogP contribution in [0.2, 0.25) is 0 Å². The fraction of sp³-hybridized carbons (Fsp3) is 0.500. The van der Waals surface area contributed by atoms with Crippen molar-refractivity contribution in [2.75, 3.05) is 33.3 Å². The highest BCUT2D eigenvalue weighted by Crippen LogP contribution is 2.64. The lowest BCUT2D eigenvalue weighted by Crippen LogP contribution is -2.69. The summed E-state index contributed by atoms with van der Waals surface area (Å²) in [4.78, 5) is 41.4. The van der Waals surface area contributed by atoms with Gasteiger partial charge in [-0.3, -0.25) is 19.4 Å². The Morgan fingerprint density at radius 1 is 1.17 bits per heavy atom. The van der Waals surface area contributed by atoms with Crippen LogP contribution in [0.4, 0.5) is 0 Å². The highest BCUT2D eigenvalue weighted by molar-refractivity contribution is 7.99. The van der Waals surface area contributed by atoms with E-state index in [0.717, 1.165) is 11.1 Å². The molecule has 7 atom stereocenters. The molecular formula is C32H33N3O10S. The zero-order chi connectivity index (χ0) is 32.6. The molecule has 5 aliphatic rings. The molecule has 5 aliphatic heterocycles. The summed E-state index contributed by atoms with van der Waals surface area (Å²) in [7, 11) is 3.46. The fourth-order valence-electron chi connectivity index (χ4n) is 8.11. The van der Waals surface area contributed by atoms with Gasteiger partial charge in [-0.15, -0.1) is 11.8 Å². The van der Waals surface area contributed by atoms with Crippen LogP contribution in [-0.4, -0.2) is 90.9 Å². The lowest BCUT2D eigenvalue weighted by atomic mass is 9.71. The van der Waals surface area contributed by atoms with Crippen molar-refractivity contribution in [1.82, 2.24) is 9.80 Å². The molecule has 1 N–H and O–H groups in total. The number of nitrogens with zero attached hydrogens (tertiary/aromatic N) is 3. The van der Waals surface area contributed by atoms with Crippen LogP contribution in [0, 0.1) is 25.2 Å². The van der Waals surface area contributed by atoms with Gasteiger partial charge in [0.15, 0.2) is 23.0 Å². The van der Waals surface area contributed by atoms with Gasteiger partial charge in [0, 0.05) is 47.0 Å². The zero-order valence-corrected chi connectivity index (χ0v) is 26.7. The van der Waals surface area contributed by atoms with Gasteiger partial charge in [-0.2, -0.15) is 5.26 Å². The van der Waals surface area contributed by atoms with Crippen molar-refractivity contribution >= 4 is 30.2 Å². The minimum Gasteiger partial charge on any atom is -0.504 e. The molecule has 0 aromatic heterocycles. The summed E-state index contributed by atoms with van der Waals surface area (Å²) in [6, 6.07) is 1.84. The van der Waals surface area contributed by atoms with Crippen molar-refractivity contribution in [3.05, 3.63) is 39.4 Å². The molecule has 5 heterocycles. The van der Waals surface area contributed by atoms with E-state index in [1.807, 2.05) is 20.0 Å². The summed E-state index contributed by atoms with van der Waals surface area (Å²) in [5.41, 5.74) is 4.20. The van der Waals surface area contributed by atoms with Crippen molar-refractivity contribution < 1.29 is 47.9 Å². The van der Waals surface area contributed by atoms with Gasteiger partial charge in [0.1, 0.15) is 18.4 Å². The number of esters is 2. The van der Waals surface area contributed by atoms with Crippen LogP contribution in [0.5, 0.6) is 28.7 Å². The quantitative estimate of drug-likeness (QED) is 0.292. The van der Waals surface area contributed by atoms with Gasteiger partial charge in [0.25, 0.3) is 6.47 Å². The van der Waals surface area contributed by atoms with Crippen molar-refractivity contribution in [1.29, 1.82) is 5.26 Å². The molecule has 242 valence electrons. The number of carbonyl (C=O) groups excluding carboxylic acids is 3. The van der Waals surface area contributed by atoms with E-state index in [2.05, 4.69) is 15.9 Å². The highest BCUT2D eigenvalue weighted by Gasteiger charge is 2.60. The van der Waals surface area contributed by atoms with Gasteiger partial charge >= 0.3 is 11.9 Å². The van der Waals surface area contributed by atoms with E-state index in [4.69, 9.17) is 28.4 Å². The average Bonchev–Trinajstić information content (AvgIpc) is 3.51. The van der Waals surface area contributed by atoms with Crippen LogP contribution in [0.25, 0.3) is 0 Å². The smallest absolute Gasteiger partial charge is 0.348 e. The third kappa shape index (κ3) is 4.25. The molecule has 0 spiro atoms. The number of hydrogen-bond acceptors (Lipinski definition) is 14. The Morgan fingerprint density at radius 3 is 2.63 bits per heavy atom. The molecule has 1 unspecified atom stereocenters. The second-order valence-corrected chi connectivity index (χ2v) is 13.3. The number of phenols is 1. The number of cyclic esters (lactones) is 1. The fourth-order valence-corrected chi connectivity index (χ4v) is 9.60. The molecule has 14 heteroatoms. The maximum absolute atomic E-state index is 13.2. The average molecular weight is 652 g/mol. The molecule has 4 bridgehead atoms. The van der Waals surface area contributed by atoms with Crippen LogP contribution in [0.3, 0.4) is 0 Å². The largest absolute Gasteiger partial charge is 0.504 e. The topological polar surface area (TPSA) is 157 Å². The normalized spacial score (nSPS) is 29.4. The monoisotopic (exact) mass is 651 g/mol. The first kappa shape index (κ1) is 30.5. The zero-order valence-electron chi connectivity index (χ0n) is 25.9. The van der Waals surface area contributed by atoms with Crippen LogP contribution in [0.15, 0.2) is 6.07 Å². The summed E-state index contributed by atoms with van der Waals surface area (Å²) >= 11 is 1.32. The molecule has 0 amide bonds. The van der Waals surface area contributed by atoms with E-state index in [9.17, 15) is 24.8 Å². The van der Waals surface area contributed by atoms with Crippen LogP contribution < -0.4 is 18.9 Å². The van der Waals surface area contributed by atoms with Crippen molar-refractivity contribution in [2.24, 2.45) is 0 Å². The summed E-state index contributed by atoms with van der Waals surface area (Å²) < 4.78 is 34.5. The lowest BCUT2D eigenvalue weighted by Gasteiger charge is -2.61. The highest BCUT2D eigenvalue weighted by atomic mass is 32.2. The Balaban J connectivity index is 1.55. The number of aryl methyl sites for hydroxylation is 1. The van der Waals surface area contributed by atoms with Crippen LogP contribution >= 0.6 is 11.8 Å². The van der Waals surface area contributed by atoms with Crippen molar-refractivity contribution in [3.63, 3.8) is 0 Å². The Hall–Kier alpha value is -4.19. The number of piperazine rings is 1.